The van der Waals surface area contributed by atoms with Crippen molar-refractivity contribution in [2.24, 2.45) is 5.73 Å². The average Bonchev–Trinajstić information content (AvgIpc) is 3.53. The molecule has 3 aromatic carbocycles. The molecule has 0 radical (unpaired) electrons. The fourth-order valence-corrected chi connectivity index (χ4v) is 8.39. The molecule has 1 unspecified atom stereocenters. The number of rotatable bonds is 10. The molecule has 0 fully saturated rings. The molecule has 0 spiro atoms. The zero-order valence-electron chi connectivity index (χ0n) is 26.7. The van der Waals surface area contributed by atoms with Gasteiger partial charge in [0, 0.05) is 18.5 Å². The van der Waals surface area contributed by atoms with Crippen LogP contribution in [0, 0.1) is 26.2 Å². The SMILES string of the molecule is Cc1c(C)c(S(=O)(=O)N(CCCC(NC(=O)OCc2cccc3c2Cc2ccccc2-3)C(=O)O)C(=N)N)c(C)c2c1OC(C)(C)C2. The number of sulfonamides is 1. The second-order valence-electron chi connectivity index (χ2n) is 12.5. The van der Waals surface area contributed by atoms with E-state index in [-0.39, 0.29) is 30.9 Å². The maximum atomic E-state index is 13.9. The van der Waals surface area contributed by atoms with E-state index in [1.807, 2.05) is 44.2 Å². The Morgan fingerprint density at radius 2 is 1.76 bits per heavy atom. The fraction of sp³-hybridized carbons (Fsp3) is 0.382. The molecule has 46 heavy (non-hydrogen) atoms. The summed E-state index contributed by atoms with van der Waals surface area (Å²) < 4.78 is 40.2. The van der Waals surface area contributed by atoms with E-state index in [4.69, 9.17) is 20.6 Å². The number of nitrogens with two attached hydrogens (primary N) is 1. The largest absolute Gasteiger partial charge is 0.487 e. The van der Waals surface area contributed by atoms with Crippen molar-refractivity contribution in [2.75, 3.05) is 6.54 Å². The lowest BCUT2D eigenvalue weighted by molar-refractivity contribution is -0.139. The van der Waals surface area contributed by atoms with Crippen LogP contribution >= 0.6 is 0 Å². The van der Waals surface area contributed by atoms with Gasteiger partial charge in [-0.3, -0.25) is 5.41 Å². The van der Waals surface area contributed by atoms with Gasteiger partial charge in [-0.15, -0.1) is 0 Å². The first-order chi connectivity index (χ1) is 21.6. The number of carboxylic acid groups (broad SMARTS) is 1. The van der Waals surface area contributed by atoms with Gasteiger partial charge in [-0.25, -0.2) is 22.3 Å². The smallest absolute Gasteiger partial charge is 0.408 e. The van der Waals surface area contributed by atoms with Crippen molar-refractivity contribution < 1.29 is 32.6 Å². The van der Waals surface area contributed by atoms with Gasteiger partial charge in [0.05, 0.1) is 4.90 Å². The Labute approximate surface area is 269 Å². The number of fused-ring (bicyclic) bond motifs is 4. The van der Waals surface area contributed by atoms with Gasteiger partial charge in [0.2, 0.25) is 5.96 Å². The van der Waals surface area contributed by atoms with Crippen LogP contribution in [0.15, 0.2) is 47.4 Å². The number of guanidine groups is 1. The Balaban J connectivity index is 1.24. The van der Waals surface area contributed by atoms with Crippen molar-refractivity contribution >= 4 is 28.0 Å². The molecule has 11 nitrogen and oxygen atoms in total. The van der Waals surface area contributed by atoms with Crippen LogP contribution in [0.3, 0.4) is 0 Å². The summed E-state index contributed by atoms with van der Waals surface area (Å²) >= 11 is 0. The number of hydrogen-bond acceptors (Lipinski definition) is 7. The quantitative estimate of drug-likeness (QED) is 0.138. The van der Waals surface area contributed by atoms with Crippen LogP contribution in [-0.4, -0.2) is 54.0 Å². The maximum Gasteiger partial charge on any atom is 0.408 e. The van der Waals surface area contributed by atoms with Gasteiger partial charge in [-0.2, -0.15) is 0 Å². The monoisotopic (exact) mass is 648 g/mol. The van der Waals surface area contributed by atoms with Crippen molar-refractivity contribution in [3.63, 3.8) is 0 Å². The second-order valence-corrected chi connectivity index (χ2v) is 14.3. The Kier molecular flexibility index (Phi) is 8.78. The van der Waals surface area contributed by atoms with E-state index >= 15 is 0 Å². The number of alkyl carbamates (subject to hydrolysis) is 1. The van der Waals surface area contributed by atoms with Crippen LogP contribution in [0.4, 0.5) is 4.79 Å². The molecule has 5 N–H and O–H groups in total. The van der Waals surface area contributed by atoms with Gasteiger partial charge < -0.3 is 25.6 Å². The number of benzene rings is 3. The number of hydrogen-bond donors (Lipinski definition) is 4. The van der Waals surface area contributed by atoms with Crippen molar-refractivity contribution in [2.45, 2.75) is 83.4 Å². The molecule has 244 valence electrons. The summed E-state index contributed by atoms with van der Waals surface area (Å²) in [6.45, 7) is 8.80. The predicted molar refractivity (Wildman–Crippen MR) is 174 cm³/mol. The van der Waals surface area contributed by atoms with E-state index in [1.54, 1.807) is 20.8 Å². The van der Waals surface area contributed by atoms with Gasteiger partial charge in [-0.1, -0.05) is 42.5 Å². The first kappa shape index (κ1) is 32.8. The number of amides is 1. The number of carbonyl (C=O) groups excluding carboxylic acids is 1. The third-order valence-electron chi connectivity index (χ3n) is 8.86. The van der Waals surface area contributed by atoms with E-state index in [2.05, 4.69) is 17.4 Å². The van der Waals surface area contributed by atoms with Crippen LogP contribution < -0.4 is 15.8 Å². The zero-order chi connectivity index (χ0) is 33.6. The Hall–Kier alpha value is -4.58. The molecule has 0 aromatic heterocycles. The first-order valence-corrected chi connectivity index (χ1v) is 16.6. The van der Waals surface area contributed by atoms with Crippen LogP contribution in [0.2, 0.25) is 0 Å². The molecule has 5 rings (SSSR count). The molecular formula is C34H40N4O7S. The lowest BCUT2D eigenvalue weighted by Gasteiger charge is -2.26. The number of carboxylic acids is 1. The molecule has 0 saturated carbocycles. The Morgan fingerprint density at radius 3 is 2.46 bits per heavy atom. The summed E-state index contributed by atoms with van der Waals surface area (Å²) in [4.78, 5) is 24.8. The molecule has 12 heteroatoms. The minimum absolute atomic E-state index is 0.00132. The van der Waals surface area contributed by atoms with Crippen LogP contribution in [0.5, 0.6) is 5.75 Å². The number of carbonyl (C=O) groups is 2. The van der Waals surface area contributed by atoms with E-state index in [0.29, 0.717) is 28.9 Å². The fourth-order valence-electron chi connectivity index (χ4n) is 6.49. The highest BCUT2D eigenvalue weighted by Gasteiger charge is 2.38. The molecule has 1 aliphatic carbocycles. The van der Waals surface area contributed by atoms with Gasteiger partial charge in [-0.05, 0) is 98.4 Å². The molecule has 1 atom stereocenters. The Bertz CT molecular complexity index is 1850. The standard InChI is InChI=1S/C34H40N4O7S/c1-19-20(2)30(21(3)27-17-34(4,5)45-29(19)27)46(42,43)38(32(35)36)15-9-14-28(31(39)40)37-33(41)44-18-23-11-8-13-25-24-12-7-6-10-22(24)16-26(23)25/h6-8,10-13,28H,9,14-18H2,1-5H3,(H3,35,36)(H,37,41)(H,39,40). The third-order valence-corrected chi connectivity index (χ3v) is 10.9. The lowest BCUT2D eigenvalue weighted by atomic mass is 9.94. The third kappa shape index (κ3) is 6.13. The van der Waals surface area contributed by atoms with Crippen molar-refractivity contribution in [1.29, 1.82) is 5.41 Å². The van der Waals surface area contributed by atoms with Gasteiger partial charge in [0.25, 0.3) is 10.0 Å². The van der Waals surface area contributed by atoms with Crippen LogP contribution in [0.1, 0.15) is 65.6 Å². The van der Waals surface area contributed by atoms with Crippen LogP contribution in [-0.2, 0) is 39.0 Å². The predicted octanol–water partition coefficient (Wildman–Crippen LogP) is 4.94. The Morgan fingerprint density at radius 1 is 1.07 bits per heavy atom. The summed E-state index contributed by atoms with van der Waals surface area (Å²) in [5, 5.41) is 20.3. The maximum absolute atomic E-state index is 13.9. The molecule has 1 heterocycles. The molecule has 1 aliphatic heterocycles. The van der Waals surface area contributed by atoms with Crippen molar-refractivity contribution in [3.8, 4) is 16.9 Å². The van der Waals surface area contributed by atoms with Crippen molar-refractivity contribution in [1.82, 2.24) is 9.62 Å². The summed E-state index contributed by atoms with van der Waals surface area (Å²) in [6, 6.07) is 12.5. The van der Waals surface area contributed by atoms with Gasteiger partial charge in [0.15, 0.2) is 0 Å². The highest BCUT2D eigenvalue weighted by atomic mass is 32.2. The second kappa shape index (κ2) is 12.3. The molecule has 0 bridgehead atoms. The topological polar surface area (TPSA) is 172 Å². The van der Waals surface area contributed by atoms with E-state index in [1.165, 1.54) is 5.56 Å². The molecule has 1 amide bonds. The minimum Gasteiger partial charge on any atom is -0.487 e. The number of nitrogens with zero attached hydrogens (tertiary/aromatic N) is 1. The minimum atomic E-state index is -4.28. The lowest BCUT2D eigenvalue weighted by Crippen LogP contribution is -2.44. The van der Waals surface area contributed by atoms with E-state index in [0.717, 1.165) is 38.5 Å². The normalized spacial score (nSPS) is 14.8. The van der Waals surface area contributed by atoms with Crippen molar-refractivity contribution in [3.05, 3.63) is 81.4 Å². The zero-order valence-corrected chi connectivity index (χ0v) is 27.5. The molecule has 2 aliphatic rings. The van der Waals surface area contributed by atoms with E-state index in [9.17, 15) is 23.1 Å². The summed E-state index contributed by atoms with van der Waals surface area (Å²) in [5.74, 6) is -1.31. The average molecular weight is 649 g/mol. The molecule has 3 aromatic rings. The number of ether oxygens (including phenoxy) is 2. The molecular weight excluding hydrogens is 608 g/mol. The summed E-state index contributed by atoms with van der Waals surface area (Å²) in [7, 11) is -4.28. The summed E-state index contributed by atoms with van der Waals surface area (Å²) in [6.07, 6.45) is 0.221. The van der Waals surface area contributed by atoms with E-state index < -0.39 is 39.7 Å². The van der Waals surface area contributed by atoms with Gasteiger partial charge in [0.1, 0.15) is 24.0 Å². The highest BCUT2D eigenvalue weighted by Crippen LogP contribution is 2.44. The van der Waals surface area contributed by atoms with Crippen LogP contribution in [0.25, 0.3) is 11.1 Å². The van der Waals surface area contributed by atoms with Gasteiger partial charge >= 0.3 is 12.1 Å². The first-order valence-electron chi connectivity index (χ1n) is 15.2. The summed E-state index contributed by atoms with van der Waals surface area (Å²) in [5.41, 5.74) is 13.1. The highest BCUT2D eigenvalue weighted by molar-refractivity contribution is 7.89. The number of aliphatic carboxylic acids is 1. The number of nitrogens with one attached hydrogen (secondary N) is 2. The molecule has 0 saturated heterocycles.